The van der Waals surface area contributed by atoms with Gasteiger partial charge < -0.3 is 11.1 Å². The molecule has 0 radical (unpaired) electrons. The van der Waals surface area contributed by atoms with Gasteiger partial charge in [0.15, 0.2) is 0 Å². The molecule has 0 aromatic carbocycles. The second-order valence-electron chi connectivity index (χ2n) is 3.32. The average Bonchev–Trinajstić information content (AvgIpc) is 2.52. The third-order valence-electron chi connectivity index (χ3n) is 2.10. The second kappa shape index (κ2) is 4.92. The molecule has 1 aliphatic heterocycles. The number of hydrogen-bond acceptors (Lipinski definition) is 4. The number of carbonyl (C=O) groups is 2. The number of amides is 2. The highest BCUT2D eigenvalue weighted by Gasteiger charge is 2.28. The lowest BCUT2D eigenvalue weighted by Gasteiger charge is -2.13. The van der Waals surface area contributed by atoms with Crippen LogP contribution in [0.25, 0.3) is 0 Å². The Balaban J connectivity index is 2.36. The first kappa shape index (κ1) is 10.9. The maximum Gasteiger partial charge on any atom is 0.268 e. The van der Waals surface area contributed by atoms with Gasteiger partial charge >= 0.3 is 0 Å². The Morgan fingerprint density at radius 1 is 1.86 bits per heavy atom. The number of hydroxylamine groups is 1. The van der Waals surface area contributed by atoms with Crippen molar-refractivity contribution < 1.29 is 14.4 Å². The van der Waals surface area contributed by atoms with Crippen molar-refractivity contribution in [2.24, 2.45) is 11.7 Å². The van der Waals surface area contributed by atoms with E-state index in [1.807, 2.05) is 0 Å². The summed E-state index contributed by atoms with van der Waals surface area (Å²) in [5.74, 6) is -0.646. The van der Waals surface area contributed by atoms with Crippen molar-refractivity contribution in [2.75, 3.05) is 13.2 Å². The van der Waals surface area contributed by atoms with Crippen molar-refractivity contribution in [3.05, 3.63) is 0 Å². The zero-order chi connectivity index (χ0) is 10.6. The minimum atomic E-state index is -0.567. The molecular weight excluding hydrogens is 186 g/mol. The van der Waals surface area contributed by atoms with Crippen LogP contribution in [-0.2, 0) is 14.4 Å². The van der Waals surface area contributed by atoms with Gasteiger partial charge in [-0.1, -0.05) is 6.92 Å². The lowest BCUT2D eigenvalue weighted by molar-refractivity contribution is -0.130. The van der Waals surface area contributed by atoms with Crippen molar-refractivity contribution in [1.82, 2.24) is 10.8 Å². The summed E-state index contributed by atoms with van der Waals surface area (Å²) in [6.45, 7) is 2.41. The predicted octanol–water partition coefficient (Wildman–Crippen LogP) is -1.48. The molecule has 0 bridgehead atoms. The van der Waals surface area contributed by atoms with Crippen molar-refractivity contribution in [2.45, 2.75) is 19.4 Å². The van der Waals surface area contributed by atoms with Crippen molar-refractivity contribution >= 4 is 11.8 Å². The Hall–Kier alpha value is -1.14. The Kier molecular flexibility index (Phi) is 3.84. The van der Waals surface area contributed by atoms with Gasteiger partial charge in [0.2, 0.25) is 5.91 Å². The van der Waals surface area contributed by atoms with Gasteiger partial charge in [0, 0.05) is 5.92 Å². The molecule has 0 saturated carbocycles. The van der Waals surface area contributed by atoms with Crippen LogP contribution in [0.3, 0.4) is 0 Å². The predicted molar refractivity (Wildman–Crippen MR) is 48.9 cm³/mol. The normalized spacial score (nSPS) is 23.0. The molecule has 6 heteroatoms. The molecule has 2 atom stereocenters. The molecule has 1 unspecified atom stereocenters. The molecular formula is C8H15N3O3. The number of rotatable bonds is 4. The molecule has 6 nitrogen and oxygen atoms in total. The summed E-state index contributed by atoms with van der Waals surface area (Å²) in [7, 11) is 0. The molecule has 1 heterocycles. The zero-order valence-corrected chi connectivity index (χ0v) is 8.08. The maximum absolute atomic E-state index is 11.4. The van der Waals surface area contributed by atoms with E-state index in [0.29, 0.717) is 13.0 Å². The monoisotopic (exact) mass is 201 g/mol. The van der Waals surface area contributed by atoms with Gasteiger partial charge in [-0.2, -0.15) is 0 Å². The smallest absolute Gasteiger partial charge is 0.268 e. The summed E-state index contributed by atoms with van der Waals surface area (Å²) >= 11 is 0. The fourth-order valence-corrected chi connectivity index (χ4v) is 1.15. The van der Waals surface area contributed by atoms with E-state index in [-0.39, 0.29) is 24.3 Å². The molecule has 2 amide bonds. The summed E-state index contributed by atoms with van der Waals surface area (Å²) in [6.07, 6.45) is 0.612. The van der Waals surface area contributed by atoms with E-state index in [1.54, 1.807) is 6.92 Å². The molecule has 14 heavy (non-hydrogen) atoms. The van der Waals surface area contributed by atoms with E-state index in [0.717, 1.165) is 0 Å². The molecule has 0 aliphatic carbocycles. The van der Waals surface area contributed by atoms with Gasteiger partial charge in [-0.25, -0.2) is 5.48 Å². The third kappa shape index (κ3) is 2.68. The zero-order valence-electron chi connectivity index (χ0n) is 8.08. The van der Waals surface area contributed by atoms with Crippen molar-refractivity contribution in [3.8, 4) is 0 Å². The highest BCUT2D eigenvalue weighted by Crippen LogP contribution is 2.02. The van der Waals surface area contributed by atoms with Gasteiger partial charge in [-0.05, 0) is 13.0 Å². The lowest BCUT2D eigenvalue weighted by atomic mass is 10.1. The van der Waals surface area contributed by atoms with Crippen LogP contribution < -0.4 is 16.5 Å². The number of nitrogens with one attached hydrogen (secondary N) is 2. The molecule has 1 saturated heterocycles. The highest BCUT2D eigenvalue weighted by molar-refractivity contribution is 5.88. The number of carbonyl (C=O) groups excluding carboxylic acids is 2. The quantitative estimate of drug-likeness (QED) is 0.517. The molecule has 1 rings (SSSR count). The summed E-state index contributed by atoms with van der Waals surface area (Å²) in [5.41, 5.74) is 7.49. The van der Waals surface area contributed by atoms with E-state index in [2.05, 4.69) is 15.6 Å². The molecule has 0 aromatic rings. The van der Waals surface area contributed by atoms with Gasteiger partial charge in [0.1, 0.15) is 12.6 Å². The molecule has 4 N–H and O–H groups in total. The summed E-state index contributed by atoms with van der Waals surface area (Å²) < 4.78 is 0. The van der Waals surface area contributed by atoms with Gasteiger partial charge in [0.25, 0.3) is 5.91 Å². The first-order chi connectivity index (χ1) is 6.65. The maximum atomic E-state index is 11.4. The minimum absolute atomic E-state index is 0.166. The minimum Gasteiger partial charge on any atom is -0.342 e. The third-order valence-corrected chi connectivity index (χ3v) is 2.10. The van der Waals surface area contributed by atoms with Crippen LogP contribution in [0, 0.1) is 5.92 Å². The van der Waals surface area contributed by atoms with E-state index in [9.17, 15) is 9.59 Å². The summed E-state index contributed by atoms with van der Waals surface area (Å²) in [6, 6.07) is -0.567. The molecule has 0 aromatic heterocycles. The largest absolute Gasteiger partial charge is 0.342 e. The Morgan fingerprint density at radius 3 is 3.07 bits per heavy atom. The summed E-state index contributed by atoms with van der Waals surface area (Å²) in [4.78, 5) is 27.1. The average molecular weight is 201 g/mol. The molecule has 0 spiro atoms. The topological polar surface area (TPSA) is 93.5 Å². The Labute approximate surface area is 82.1 Å². The fraction of sp³-hybridized carbons (Fsp3) is 0.750. The van der Waals surface area contributed by atoms with Crippen LogP contribution >= 0.6 is 0 Å². The van der Waals surface area contributed by atoms with E-state index >= 15 is 0 Å². The fourth-order valence-electron chi connectivity index (χ4n) is 1.15. The second-order valence-corrected chi connectivity index (χ2v) is 3.32. The van der Waals surface area contributed by atoms with Gasteiger partial charge in [-0.15, -0.1) is 0 Å². The highest BCUT2D eigenvalue weighted by atomic mass is 16.7. The van der Waals surface area contributed by atoms with Crippen molar-refractivity contribution in [3.63, 3.8) is 0 Å². The standard InChI is InChI=1S/C8H15N3O3/c1-5(2-3-9)7(12)10-6-4-14-11-8(6)13/h5-6H,2-4,9H2,1H3,(H,10,12)(H,11,13)/t5?,6-/m1/s1. The summed E-state index contributed by atoms with van der Waals surface area (Å²) in [5, 5.41) is 2.58. The number of nitrogens with two attached hydrogens (primary N) is 1. The van der Waals surface area contributed by atoms with Crippen LogP contribution in [0.4, 0.5) is 0 Å². The van der Waals surface area contributed by atoms with Crippen LogP contribution in [-0.4, -0.2) is 31.0 Å². The Bertz CT molecular complexity index is 232. The van der Waals surface area contributed by atoms with E-state index in [4.69, 9.17) is 5.73 Å². The lowest BCUT2D eigenvalue weighted by Crippen LogP contribution is -2.44. The first-order valence-corrected chi connectivity index (χ1v) is 4.57. The number of hydrogen-bond donors (Lipinski definition) is 3. The van der Waals surface area contributed by atoms with Gasteiger partial charge in [-0.3, -0.25) is 14.4 Å². The van der Waals surface area contributed by atoms with Crippen LogP contribution in [0.2, 0.25) is 0 Å². The van der Waals surface area contributed by atoms with Crippen LogP contribution in [0.15, 0.2) is 0 Å². The molecule has 1 fully saturated rings. The molecule has 1 aliphatic rings. The van der Waals surface area contributed by atoms with Crippen molar-refractivity contribution in [1.29, 1.82) is 0 Å². The van der Waals surface area contributed by atoms with Gasteiger partial charge in [0.05, 0.1) is 0 Å². The Morgan fingerprint density at radius 2 is 2.57 bits per heavy atom. The van der Waals surface area contributed by atoms with Crippen LogP contribution in [0.5, 0.6) is 0 Å². The van der Waals surface area contributed by atoms with E-state index < -0.39 is 6.04 Å². The van der Waals surface area contributed by atoms with E-state index in [1.165, 1.54) is 0 Å². The first-order valence-electron chi connectivity index (χ1n) is 4.57. The SMILES string of the molecule is CC(CCN)C(=O)N[C@@H]1CONC1=O. The van der Waals surface area contributed by atoms with Crippen LogP contribution in [0.1, 0.15) is 13.3 Å². The molecule has 80 valence electrons.